The van der Waals surface area contributed by atoms with Crippen LogP contribution in [0.15, 0.2) is 24.8 Å². The Morgan fingerprint density at radius 2 is 1.58 bits per heavy atom. The summed E-state index contributed by atoms with van der Waals surface area (Å²) >= 11 is 0. The number of H-pyrrole nitrogens is 2. The molecule has 3 aliphatic rings. The Balaban J connectivity index is 1.83. The third-order valence-electron chi connectivity index (χ3n) is 8.89. The summed E-state index contributed by atoms with van der Waals surface area (Å²) in [6.07, 6.45) is 4.72. The lowest BCUT2D eigenvalue weighted by atomic mass is 9.96. The van der Waals surface area contributed by atoms with Crippen LogP contribution in [-0.4, -0.2) is 44.1 Å². The molecule has 0 saturated heterocycles. The monoisotopic (exact) mass is 574 g/mol. The topological polar surface area (TPSA) is 121 Å². The first-order valence-electron chi connectivity index (χ1n) is 14.4. The lowest BCUT2D eigenvalue weighted by molar-refractivity contribution is -0.137. The first-order chi connectivity index (χ1) is 20.6. The van der Waals surface area contributed by atoms with E-state index in [0.29, 0.717) is 22.5 Å². The van der Waals surface area contributed by atoms with Gasteiger partial charge in [0.05, 0.1) is 41.0 Å². The molecule has 1 aliphatic carbocycles. The van der Waals surface area contributed by atoms with Gasteiger partial charge in [-0.05, 0) is 98.2 Å². The van der Waals surface area contributed by atoms with Crippen molar-refractivity contribution in [2.75, 3.05) is 7.11 Å². The number of methoxy groups -OCH3 is 1. The average Bonchev–Trinajstić information content (AvgIpc) is 3.73. The van der Waals surface area contributed by atoms with Crippen molar-refractivity contribution in [2.24, 2.45) is 0 Å². The van der Waals surface area contributed by atoms with Crippen LogP contribution in [0.4, 0.5) is 0 Å². The van der Waals surface area contributed by atoms with Crippen LogP contribution >= 0.6 is 0 Å². The van der Waals surface area contributed by atoms with Crippen molar-refractivity contribution in [1.29, 1.82) is 0 Å². The van der Waals surface area contributed by atoms with E-state index in [1.165, 1.54) is 12.7 Å². The van der Waals surface area contributed by atoms with E-state index in [0.717, 1.165) is 78.8 Å². The number of allylic oxidation sites excluding steroid dienone is 4. The zero-order valence-corrected chi connectivity index (χ0v) is 25.3. The van der Waals surface area contributed by atoms with E-state index in [2.05, 4.69) is 42.5 Å². The summed E-state index contributed by atoms with van der Waals surface area (Å²) in [5.74, 6) is -1.38. The minimum Gasteiger partial charge on any atom is -0.481 e. The Kier molecular flexibility index (Phi) is 6.80. The molecule has 2 aliphatic heterocycles. The van der Waals surface area contributed by atoms with E-state index in [1.54, 1.807) is 0 Å². The number of hydrogen-bond acceptors (Lipinski definition) is 5. The summed E-state index contributed by atoms with van der Waals surface area (Å²) in [5, 5.41) is 9.58. The minimum absolute atomic E-state index is 0.0651. The Morgan fingerprint density at radius 1 is 0.930 bits per heavy atom. The van der Waals surface area contributed by atoms with Gasteiger partial charge in [0.25, 0.3) is 0 Å². The fourth-order valence-electron chi connectivity index (χ4n) is 6.43. The Morgan fingerprint density at radius 3 is 2.26 bits per heavy atom. The molecular formula is C35H34N4O4. The molecule has 0 spiro atoms. The molecule has 0 fully saturated rings. The van der Waals surface area contributed by atoms with Gasteiger partial charge in [-0.3, -0.25) is 4.79 Å². The molecule has 0 atom stereocenters. The first kappa shape index (κ1) is 28.2. The molecule has 0 radical (unpaired) electrons. The zero-order chi connectivity index (χ0) is 30.7. The zero-order valence-electron chi connectivity index (χ0n) is 25.3. The van der Waals surface area contributed by atoms with Crippen LogP contribution in [0.3, 0.4) is 0 Å². The summed E-state index contributed by atoms with van der Waals surface area (Å²) in [5.41, 5.74) is 15.3. The SMILES string of the molecule is C=Cc1c(C)c2cc3nc(c4c5[nH]c(cc6nc(cc1[nH]2)C(C)=C6CC)c(C)c5C=C4C(=O)OC)C(CCC(=O)O)=C3C. The number of aliphatic carboxylic acids is 1. The van der Waals surface area contributed by atoms with Gasteiger partial charge in [0.1, 0.15) is 0 Å². The van der Waals surface area contributed by atoms with Crippen molar-refractivity contribution in [2.45, 2.75) is 53.9 Å². The lowest BCUT2D eigenvalue weighted by Gasteiger charge is -2.08. The van der Waals surface area contributed by atoms with Crippen LogP contribution in [-0.2, 0) is 14.3 Å². The van der Waals surface area contributed by atoms with Gasteiger partial charge in [-0.1, -0.05) is 19.6 Å². The highest BCUT2D eigenvalue weighted by Crippen LogP contribution is 2.44. The molecule has 8 heteroatoms. The quantitative estimate of drug-likeness (QED) is 0.259. The van der Waals surface area contributed by atoms with Crippen LogP contribution in [0.25, 0.3) is 62.1 Å². The predicted octanol–water partition coefficient (Wildman–Crippen LogP) is 7.74. The van der Waals surface area contributed by atoms with Crippen molar-refractivity contribution in [3.8, 4) is 0 Å². The number of carbonyl (C=O) groups excluding carboxylic acids is 1. The molecule has 43 heavy (non-hydrogen) atoms. The third-order valence-corrected chi connectivity index (χ3v) is 8.89. The molecule has 218 valence electrons. The minimum atomic E-state index is -0.900. The number of esters is 1. The highest BCUT2D eigenvalue weighted by molar-refractivity contribution is 6.29. The van der Waals surface area contributed by atoms with Crippen LogP contribution < -0.4 is 0 Å². The van der Waals surface area contributed by atoms with E-state index < -0.39 is 11.9 Å². The van der Waals surface area contributed by atoms with E-state index in [4.69, 9.17) is 14.7 Å². The largest absolute Gasteiger partial charge is 0.481 e. The second kappa shape index (κ2) is 10.4. The Bertz CT molecular complexity index is 2050. The van der Waals surface area contributed by atoms with Crippen molar-refractivity contribution in [3.05, 3.63) is 75.4 Å². The number of ether oxygens (including phenoxy) is 1. The molecule has 3 N–H and O–H groups in total. The number of rotatable bonds is 6. The van der Waals surface area contributed by atoms with Gasteiger partial charge in [-0.25, -0.2) is 14.8 Å². The molecule has 3 aromatic rings. The molecule has 6 rings (SSSR count). The average molecular weight is 575 g/mol. The molecule has 0 amide bonds. The predicted molar refractivity (Wildman–Crippen MR) is 173 cm³/mol. The molecule has 0 saturated carbocycles. The van der Waals surface area contributed by atoms with Crippen LogP contribution in [0.2, 0.25) is 0 Å². The summed E-state index contributed by atoms with van der Waals surface area (Å²) in [4.78, 5) is 42.1. The van der Waals surface area contributed by atoms with Crippen LogP contribution in [0.1, 0.15) is 90.6 Å². The standard InChI is InChI=1S/C35H34N4O4/c1-8-20-16(3)25-13-27-18(5)22(10-11-31(40)41)33(38-27)32-24(35(42)43-7)12-23-19(6)28(39-34(23)32)15-30-21(9-2)17(4)26(37-30)14-29(20)36-25/h8,12-15,36,39H,1,9-11H2,2-7H3,(H,40,41). The highest BCUT2D eigenvalue weighted by Gasteiger charge is 2.31. The smallest absolute Gasteiger partial charge is 0.338 e. The van der Waals surface area contributed by atoms with Crippen molar-refractivity contribution in [3.63, 3.8) is 0 Å². The molecule has 3 aromatic heterocycles. The van der Waals surface area contributed by atoms with Crippen LogP contribution in [0.5, 0.6) is 0 Å². The second-order valence-electron chi connectivity index (χ2n) is 11.2. The van der Waals surface area contributed by atoms with Crippen molar-refractivity contribution >= 4 is 74.0 Å². The maximum absolute atomic E-state index is 13.1. The van der Waals surface area contributed by atoms with Gasteiger partial charge in [0, 0.05) is 39.7 Å². The summed E-state index contributed by atoms with van der Waals surface area (Å²) in [7, 11) is 1.36. The highest BCUT2D eigenvalue weighted by atomic mass is 16.5. The third kappa shape index (κ3) is 4.36. The van der Waals surface area contributed by atoms with Crippen molar-refractivity contribution < 1.29 is 19.4 Å². The molecule has 0 unspecified atom stereocenters. The van der Waals surface area contributed by atoms with Gasteiger partial charge in [0.2, 0.25) is 0 Å². The number of carboxylic acids is 1. The van der Waals surface area contributed by atoms with Crippen molar-refractivity contribution in [1.82, 2.24) is 19.9 Å². The first-order valence-corrected chi connectivity index (χ1v) is 14.4. The van der Waals surface area contributed by atoms with Crippen LogP contribution in [0, 0.1) is 13.8 Å². The summed E-state index contributed by atoms with van der Waals surface area (Å²) in [6, 6.07) is 6.13. The number of carboxylic acid groups (broad SMARTS) is 1. The van der Waals surface area contributed by atoms with Gasteiger partial charge in [-0.15, -0.1) is 0 Å². The van der Waals surface area contributed by atoms with E-state index in [-0.39, 0.29) is 12.8 Å². The fourth-order valence-corrected chi connectivity index (χ4v) is 6.43. The Hall–Kier alpha value is -4.98. The number of aromatic amines is 2. The summed E-state index contributed by atoms with van der Waals surface area (Å²) < 4.78 is 5.20. The molecule has 8 nitrogen and oxygen atoms in total. The van der Waals surface area contributed by atoms with Gasteiger partial charge >= 0.3 is 11.9 Å². The number of nitrogens with one attached hydrogen (secondary N) is 2. The number of aryl methyl sites for hydroxylation is 2. The number of carbonyl (C=O) groups is 2. The normalized spacial score (nSPS) is 14.0. The van der Waals surface area contributed by atoms with E-state index in [1.807, 2.05) is 39.0 Å². The molecule has 8 bridgehead atoms. The Labute approximate surface area is 249 Å². The number of aromatic nitrogens is 4. The summed E-state index contributed by atoms with van der Waals surface area (Å²) in [6.45, 7) is 14.3. The molecule has 5 heterocycles. The van der Waals surface area contributed by atoms with E-state index in [9.17, 15) is 14.7 Å². The maximum atomic E-state index is 13.1. The second-order valence-corrected chi connectivity index (χ2v) is 11.2. The maximum Gasteiger partial charge on any atom is 0.338 e. The van der Waals surface area contributed by atoms with Gasteiger partial charge < -0.3 is 19.8 Å². The molecular weight excluding hydrogens is 540 g/mol. The fraction of sp³-hybridized carbons (Fsp3) is 0.257. The van der Waals surface area contributed by atoms with E-state index >= 15 is 0 Å². The number of fused-ring (bicyclic) bond motifs is 8. The number of nitrogens with zero attached hydrogens (tertiary/aromatic N) is 2. The van der Waals surface area contributed by atoms with Gasteiger partial charge in [-0.2, -0.15) is 0 Å². The van der Waals surface area contributed by atoms with Gasteiger partial charge in [0.15, 0.2) is 0 Å². The lowest BCUT2D eigenvalue weighted by Crippen LogP contribution is -2.05. The number of hydrogen-bond donors (Lipinski definition) is 3. The molecule has 0 aromatic carbocycles.